The van der Waals surface area contributed by atoms with E-state index in [4.69, 9.17) is 9.47 Å². The molecule has 0 aliphatic carbocycles. The van der Waals surface area contributed by atoms with E-state index in [0.717, 1.165) is 5.56 Å². The molecule has 0 saturated carbocycles. The maximum atomic E-state index is 12.5. The Balaban J connectivity index is 1.99. The number of Topliss-reactive ketones (excluding diaryl/α,β-unsaturated/α-hetero) is 2. The van der Waals surface area contributed by atoms with E-state index < -0.39 is 23.6 Å². The third-order valence-corrected chi connectivity index (χ3v) is 4.41. The fourth-order valence-corrected chi connectivity index (χ4v) is 3.32. The summed E-state index contributed by atoms with van der Waals surface area (Å²) in [7, 11) is 1.23. The average molecular weight is 314 g/mol. The second kappa shape index (κ2) is 6.08. The van der Waals surface area contributed by atoms with Crippen LogP contribution in [0.4, 0.5) is 0 Å². The molecule has 2 heterocycles. The van der Waals surface area contributed by atoms with Crippen molar-refractivity contribution in [3.8, 4) is 0 Å². The fourth-order valence-electron chi connectivity index (χ4n) is 3.32. The number of hydrogen-bond acceptors (Lipinski definition) is 5. The van der Waals surface area contributed by atoms with Gasteiger partial charge in [-0.2, -0.15) is 0 Å². The topological polar surface area (TPSA) is 69.7 Å². The maximum absolute atomic E-state index is 12.5. The van der Waals surface area contributed by atoms with E-state index in [1.807, 2.05) is 30.3 Å². The highest BCUT2D eigenvalue weighted by Crippen LogP contribution is 2.42. The summed E-state index contributed by atoms with van der Waals surface area (Å²) in [5.41, 5.74) is -0.761. The van der Waals surface area contributed by atoms with Crippen molar-refractivity contribution in [3.63, 3.8) is 0 Å². The summed E-state index contributed by atoms with van der Waals surface area (Å²) in [4.78, 5) is 36.9. The third-order valence-electron chi connectivity index (χ3n) is 4.41. The van der Waals surface area contributed by atoms with Crippen molar-refractivity contribution < 1.29 is 23.9 Å². The Morgan fingerprint density at radius 1 is 1.22 bits per heavy atom. The Kier molecular flexibility index (Phi) is 4.13. The van der Waals surface area contributed by atoms with Crippen molar-refractivity contribution >= 4 is 23.6 Å². The molecule has 5 nitrogen and oxygen atoms in total. The molecule has 0 radical (unpaired) electrons. The van der Waals surface area contributed by atoms with Crippen LogP contribution in [0.1, 0.15) is 24.8 Å². The third kappa shape index (κ3) is 2.72. The number of esters is 1. The van der Waals surface area contributed by atoms with Crippen molar-refractivity contribution in [3.05, 3.63) is 42.0 Å². The summed E-state index contributed by atoms with van der Waals surface area (Å²) in [5, 5.41) is 0. The number of ether oxygens (including phenoxy) is 2. The van der Waals surface area contributed by atoms with E-state index in [0.29, 0.717) is 0 Å². The van der Waals surface area contributed by atoms with Gasteiger partial charge in [-0.3, -0.25) is 9.59 Å². The van der Waals surface area contributed by atoms with Crippen molar-refractivity contribution in [1.82, 2.24) is 0 Å². The molecule has 2 fully saturated rings. The second-order valence-corrected chi connectivity index (χ2v) is 5.92. The van der Waals surface area contributed by atoms with Crippen LogP contribution >= 0.6 is 0 Å². The summed E-state index contributed by atoms with van der Waals surface area (Å²) in [5.74, 6) is -1.68. The minimum atomic E-state index is -1.68. The summed E-state index contributed by atoms with van der Waals surface area (Å²) >= 11 is 0. The molecule has 23 heavy (non-hydrogen) atoms. The maximum Gasteiger partial charge on any atom is 0.346 e. The Labute approximate surface area is 134 Å². The zero-order chi connectivity index (χ0) is 16.4. The van der Waals surface area contributed by atoms with Gasteiger partial charge in [0.15, 0.2) is 5.78 Å². The number of carbonyl (C=O) groups excluding carboxylic acids is 3. The molecule has 1 aromatic rings. The lowest BCUT2D eigenvalue weighted by Gasteiger charge is -2.29. The molecule has 2 saturated heterocycles. The molecule has 3 atom stereocenters. The highest BCUT2D eigenvalue weighted by Gasteiger charge is 2.61. The van der Waals surface area contributed by atoms with Gasteiger partial charge in [0.2, 0.25) is 5.60 Å². The molecule has 120 valence electrons. The Morgan fingerprint density at radius 2 is 1.96 bits per heavy atom. The Bertz CT molecular complexity index is 653. The first-order valence-electron chi connectivity index (χ1n) is 7.60. The number of methoxy groups -OCH3 is 1. The first kappa shape index (κ1) is 15.6. The van der Waals surface area contributed by atoms with Crippen LogP contribution in [0.25, 0.3) is 6.08 Å². The average Bonchev–Trinajstić information content (AvgIpc) is 2.79. The molecule has 0 spiro atoms. The second-order valence-electron chi connectivity index (χ2n) is 5.92. The SMILES string of the molecule is COC(=O)[C@]12O[C@H](CC(=O)C[C@H]1/C=C/c1ccccc1)CC2=O. The molecular formula is C18H18O5. The standard InChI is InChI=1S/C18H18O5/c1-22-17(21)18-13(8-7-12-5-3-2-4-6-12)9-14(19)10-15(23-18)11-16(18)20/h2-8,13,15H,9-11H2,1H3/b8-7+/t13-,15-,18+/m1/s1. The van der Waals surface area contributed by atoms with Crippen LogP contribution in [0.15, 0.2) is 36.4 Å². The number of rotatable bonds is 3. The van der Waals surface area contributed by atoms with Gasteiger partial charge in [-0.05, 0) is 5.56 Å². The summed E-state index contributed by atoms with van der Waals surface area (Å²) in [6, 6.07) is 9.49. The van der Waals surface area contributed by atoms with Gasteiger partial charge in [-0.1, -0.05) is 42.5 Å². The van der Waals surface area contributed by atoms with Gasteiger partial charge >= 0.3 is 5.97 Å². The lowest BCUT2D eigenvalue weighted by atomic mass is 9.78. The quantitative estimate of drug-likeness (QED) is 0.630. The smallest absolute Gasteiger partial charge is 0.346 e. The van der Waals surface area contributed by atoms with Crippen molar-refractivity contribution in [2.75, 3.05) is 7.11 Å². The van der Waals surface area contributed by atoms with Crippen LogP contribution in [0, 0.1) is 5.92 Å². The van der Waals surface area contributed by atoms with Crippen LogP contribution in [-0.4, -0.2) is 36.4 Å². The predicted molar refractivity (Wildman–Crippen MR) is 82.5 cm³/mol. The van der Waals surface area contributed by atoms with Crippen LogP contribution in [0.5, 0.6) is 0 Å². The minimum absolute atomic E-state index is 0.00371. The molecular weight excluding hydrogens is 296 g/mol. The Hall–Kier alpha value is -2.27. The zero-order valence-electron chi connectivity index (χ0n) is 12.9. The van der Waals surface area contributed by atoms with Gasteiger partial charge in [0.25, 0.3) is 0 Å². The molecule has 5 heteroatoms. The van der Waals surface area contributed by atoms with Crippen molar-refractivity contribution in [1.29, 1.82) is 0 Å². The van der Waals surface area contributed by atoms with E-state index in [2.05, 4.69) is 0 Å². The summed E-state index contributed by atoms with van der Waals surface area (Å²) in [6.45, 7) is 0. The number of hydrogen-bond donors (Lipinski definition) is 0. The summed E-state index contributed by atoms with van der Waals surface area (Å²) < 4.78 is 10.6. The molecule has 3 rings (SSSR count). The lowest BCUT2D eigenvalue weighted by Crippen LogP contribution is -2.51. The molecule has 0 unspecified atom stereocenters. The first-order chi connectivity index (χ1) is 11.1. The number of fused-ring (bicyclic) bond motifs is 2. The van der Waals surface area contributed by atoms with Crippen LogP contribution < -0.4 is 0 Å². The van der Waals surface area contributed by atoms with Gasteiger partial charge in [0.1, 0.15) is 5.78 Å². The van der Waals surface area contributed by atoms with Gasteiger partial charge in [0.05, 0.1) is 13.2 Å². The molecule has 2 aliphatic rings. The largest absolute Gasteiger partial charge is 0.467 e. The molecule has 2 bridgehead atoms. The van der Waals surface area contributed by atoms with E-state index in [1.165, 1.54) is 7.11 Å². The van der Waals surface area contributed by atoms with Gasteiger partial charge in [-0.25, -0.2) is 4.79 Å². The normalized spacial score (nSPS) is 30.5. The van der Waals surface area contributed by atoms with Gasteiger partial charge in [0, 0.05) is 25.2 Å². The predicted octanol–water partition coefficient (Wildman–Crippen LogP) is 1.95. The van der Waals surface area contributed by atoms with Gasteiger partial charge in [-0.15, -0.1) is 0 Å². The van der Waals surface area contributed by atoms with E-state index in [1.54, 1.807) is 12.2 Å². The first-order valence-corrected chi connectivity index (χ1v) is 7.60. The molecule has 1 aromatic carbocycles. The highest BCUT2D eigenvalue weighted by molar-refractivity contribution is 6.10. The van der Waals surface area contributed by atoms with Gasteiger partial charge < -0.3 is 9.47 Å². The fraction of sp³-hybridized carbons (Fsp3) is 0.389. The minimum Gasteiger partial charge on any atom is -0.467 e. The lowest BCUT2D eigenvalue weighted by molar-refractivity contribution is -0.174. The Morgan fingerprint density at radius 3 is 2.65 bits per heavy atom. The molecule has 2 aliphatic heterocycles. The van der Waals surface area contributed by atoms with Crippen molar-refractivity contribution in [2.24, 2.45) is 5.92 Å². The van der Waals surface area contributed by atoms with E-state index >= 15 is 0 Å². The number of carbonyl (C=O) groups is 3. The monoisotopic (exact) mass is 314 g/mol. The van der Waals surface area contributed by atoms with Crippen molar-refractivity contribution in [2.45, 2.75) is 31.0 Å². The zero-order valence-corrected chi connectivity index (χ0v) is 12.9. The van der Waals surface area contributed by atoms with Crippen LogP contribution in [0.2, 0.25) is 0 Å². The summed E-state index contributed by atoms with van der Waals surface area (Å²) in [6.07, 6.45) is 3.34. The molecule has 0 amide bonds. The molecule has 0 N–H and O–H groups in total. The number of benzene rings is 1. The van der Waals surface area contributed by atoms with E-state index in [9.17, 15) is 14.4 Å². The van der Waals surface area contributed by atoms with E-state index in [-0.39, 0.29) is 30.8 Å². The number of ketones is 2. The van der Waals surface area contributed by atoms with Crippen LogP contribution in [-0.2, 0) is 23.9 Å². The highest BCUT2D eigenvalue weighted by atomic mass is 16.6. The van der Waals surface area contributed by atoms with Crippen LogP contribution in [0.3, 0.4) is 0 Å². The molecule has 0 aromatic heterocycles.